The predicted molar refractivity (Wildman–Crippen MR) is 118 cm³/mol. The minimum absolute atomic E-state index is 0.152. The summed E-state index contributed by atoms with van der Waals surface area (Å²) in [6.07, 6.45) is 0. The number of anilines is 1. The Morgan fingerprint density at radius 3 is 2.47 bits per heavy atom. The molecule has 10 heteroatoms. The van der Waals surface area contributed by atoms with Crippen molar-refractivity contribution in [3.05, 3.63) is 63.7 Å². The van der Waals surface area contributed by atoms with E-state index in [4.69, 9.17) is 9.47 Å². The van der Waals surface area contributed by atoms with E-state index in [0.717, 1.165) is 11.3 Å². The number of nitrogens with one attached hydrogen (secondary N) is 2. The van der Waals surface area contributed by atoms with E-state index in [1.54, 1.807) is 14.0 Å². The monoisotopic (exact) mass is 442 g/mol. The van der Waals surface area contributed by atoms with Crippen molar-refractivity contribution in [2.75, 3.05) is 45.3 Å². The molecule has 3 rings (SSSR count). The zero-order valence-corrected chi connectivity index (χ0v) is 18.0. The second-order valence-corrected chi connectivity index (χ2v) is 7.36. The van der Waals surface area contributed by atoms with Gasteiger partial charge in [0.25, 0.3) is 5.69 Å². The first-order chi connectivity index (χ1) is 15.4. The van der Waals surface area contributed by atoms with Gasteiger partial charge in [-0.15, -0.1) is 0 Å². The van der Waals surface area contributed by atoms with Crippen LogP contribution in [-0.2, 0) is 14.3 Å². The average molecular weight is 442 g/mol. The molecule has 2 amide bonds. The molecular weight excluding hydrogens is 416 g/mol. The van der Waals surface area contributed by atoms with Crippen LogP contribution in [-0.4, -0.2) is 61.6 Å². The normalized spacial score (nSPS) is 14.9. The third-order valence-corrected chi connectivity index (χ3v) is 5.33. The molecule has 2 aromatic carbocycles. The van der Waals surface area contributed by atoms with Crippen LogP contribution < -0.4 is 15.4 Å². The van der Waals surface area contributed by atoms with Crippen LogP contribution in [0.2, 0.25) is 0 Å². The maximum absolute atomic E-state index is 12.5. The Bertz CT molecular complexity index is 973. The summed E-state index contributed by atoms with van der Waals surface area (Å²) < 4.78 is 10.6. The van der Waals surface area contributed by atoms with Crippen LogP contribution in [0.1, 0.15) is 17.2 Å². The van der Waals surface area contributed by atoms with Crippen LogP contribution in [0.4, 0.5) is 11.4 Å². The fraction of sp³-hybridized carbons (Fsp3) is 0.364. The molecule has 1 heterocycles. The summed E-state index contributed by atoms with van der Waals surface area (Å²) in [7, 11) is 1.59. The van der Waals surface area contributed by atoms with Crippen molar-refractivity contribution >= 4 is 23.2 Å². The van der Waals surface area contributed by atoms with E-state index < -0.39 is 16.7 Å². The van der Waals surface area contributed by atoms with E-state index in [2.05, 4.69) is 15.5 Å². The lowest BCUT2D eigenvalue weighted by atomic mass is 10.0. The highest BCUT2D eigenvalue weighted by molar-refractivity contribution is 6.39. The standard InChI is InChI=1S/C22H26N4O6/c1-15-3-6-17(26(29)30)13-19(15)24-22(28)21(27)23-14-20(25-9-11-32-12-10-25)16-4-7-18(31-2)8-5-16/h3-8,13,20H,9-12,14H2,1-2H3,(H,23,27)(H,24,28)/t20-/m1/s1. The van der Waals surface area contributed by atoms with E-state index >= 15 is 0 Å². The highest BCUT2D eigenvalue weighted by atomic mass is 16.6. The maximum Gasteiger partial charge on any atom is 0.313 e. The fourth-order valence-electron chi connectivity index (χ4n) is 3.48. The van der Waals surface area contributed by atoms with Gasteiger partial charge in [0.1, 0.15) is 5.75 Å². The number of nitrogens with zero attached hydrogens (tertiary/aromatic N) is 2. The molecular formula is C22H26N4O6. The average Bonchev–Trinajstić information content (AvgIpc) is 2.81. The van der Waals surface area contributed by atoms with Gasteiger partial charge in [0.15, 0.2) is 0 Å². The molecule has 1 saturated heterocycles. The molecule has 0 spiro atoms. The highest BCUT2D eigenvalue weighted by Crippen LogP contribution is 2.24. The molecule has 0 unspecified atom stereocenters. The minimum Gasteiger partial charge on any atom is -0.497 e. The molecule has 1 aliphatic rings. The van der Waals surface area contributed by atoms with Crippen molar-refractivity contribution in [1.29, 1.82) is 0 Å². The van der Waals surface area contributed by atoms with Gasteiger partial charge < -0.3 is 20.1 Å². The van der Waals surface area contributed by atoms with Crippen LogP contribution in [0.5, 0.6) is 5.75 Å². The van der Waals surface area contributed by atoms with Crippen molar-refractivity contribution in [3.63, 3.8) is 0 Å². The number of amides is 2. The number of aryl methyl sites for hydroxylation is 1. The molecule has 10 nitrogen and oxygen atoms in total. The number of nitro benzene ring substituents is 1. The van der Waals surface area contributed by atoms with Crippen molar-refractivity contribution in [3.8, 4) is 5.75 Å². The zero-order valence-electron chi connectivity index (χ0n) is 18.0. The number of morpholine rings is 1. The van der Waals surface area contributed by atoms with Crippen molar-refractivity contribution in [2.24, 2.45) is 0 Å². The Balaban J connectivity index is 1.68. The lowest BCUT2D eigenvalue weighted by Gasteiger charge is -2.35. The molecule has 0 aliphatic carbocycles. The molecule has 170 valence electrons. The summed E-state index contributed by atoms with van der Waals surface area (Å²) in [6.45, 7) is 4.49. The minimum atomic E-state index is -0.885. The van der Waals surface area contributed by atoms with Crippen LogP contribution in [0.3, 0.4) is 0 Å². The number of hydrogen-bond donors (Lipinski definition) is 2. The SMILES string of the molecule is COc1ccc([C@@H](CNC(=O)C(=O)Nc2cc([N+](=O)[O-])ccc2C)N2CCOCC2)cc1. The van der Waals surface area contributed by atoms with E-state index in [9.17, 15) is 19.7 Å². The molecule has 0 aromatic heterocycles. The van der Waals surface area contributed by atoms with Crippen molar-refractivity contribution in [1.82, 2.24) is 10.2 Å². The maximum atomic E-state index is 12.5. The summed E-state index contributed by atoms with van der Waals surface area (Å²) >= 11 is 0. The summed E-state index contributed by atoms with van der Waals surface area (Å²) in [6, 6.07) is 11.5. The number of rotatable bonds is 7. The van der Waals surface area contributed by atoms with Gasteiger partial charge in [-0.05, 0) is 30.2 Å². The third-order valence-electron chi connectivity index (χ3n) is 5.33. The molecule has 2 N–H and O–H groups in total. The highest BCUT2D eigenvalue weighted by Gasteiger charge is 2.25. The number of non-ortho nitro benzene ring substituents is 1. The van der Waals surface area contributed by atoms with Gasteiger partial charge in [0, 0.05) is 31.8 Å². The lowest BCUT2D eigenvalue weighted by molar-refractivity contribution is -0.384. The first-order valence-electron chi connectivity index (χ1n) is 10.2. The second-order valence-electron chi connectivity index (χ2n) is 7.36. The fourth-order valence-corrected chi connectivity index (χ4v) is 3.48. The van der Waals surface area contributed by atoms with Gasteiger partial charge in [-0.1, -0.05) is 18.2 Å². The number of hydrogen-bond acceptors (Lipinski definition) is 7. The first-order valence-corrected chi connectivity index (χ1v) is 10.2. The molecule has 2 aromatic rings. The topological polar surface area (TPSA) is 123 Å². The van der Waals surface area contributed by atoms with E-state index in [1.165, 1.54) is 18.2 Å². The number of methoxy groups -OCH3 is 1. The van der Waals surface area contributed by atoms with Crippen LogP contribution >= 0.6 is 0 Å². The van der Waals surface area contributed by atoms with Crippen LogP contribution in [0.25, 0.3) is 0 Å². The molecule has 32 heavy (non-hydrogen) atoms. The smallest absolute Gasteiger partial charge is 0.313 e. The Kier molecular flexibility index (Phi) is 7.74. The zero-order chi connectivity index (χ0) is 23.1. The largest absolute Gasteiger partial charge is 0.497 e. The van der Waals surface area contributed by atoms with E-state index in [-0.39, 0.29) is 24.0 Å². The quantitative estimate of drug-likeness (QED) is 0.382. The van der Waals surface area contributed by atoms with Crippen molar-refractivity contribution in [2.45, 2.75) is 13.0 Å². The summed E-state index contributed by atoms with van der Waals surface area (Å²) in [5.74, 6) is -0.975. The number of benzene rings is 2. The van der Waals surface area contributed by atoms with Gasteiger partial charge in [0.05, 0.1) is 37.0 Å². The van der Waals surface area contributed by atoms with E-state index in [0.29, 0.717) is 31.9 Å². The van der Waals surface area contributed by atoms with Crippen LogP contribution in [0.15, 0.2) is 42.5 Å². The molecule has 0 saturated carbocycles. The van der Waals surface area contributed by atoms with Crippen molar-refractivity contribution < 1.29 is 24.0 Å². The molecule has 0 bridgehead atoms. The Morgan fingerprint density at radius 1 is 1.16 bits per heavy atom. The molecule has 1 atom stereocenters. The summed E-state index contributed by atoms with van der Waals surface area (Å²) in [4.78, 5) is 37.5. The Morgan fingerprint density at radius 2 is 1.84 bits per heavy atom. The number of carbonyl (C=O) groups excluding carboxylic acids is 2. The lowest BCUT2D eigenvalue weighted by Crippen LogP contribution is -2.45. The van der Waals surface area contributed by atoms with Gasteiger partial charge in [0.2, 0.25) is 0 Å². The Labute approximate surface area is 185 Å². The van der Waals surface area contributed by atoms with E-state index in [1.807, 2.05) is 24.3 Å². The van der Waals surface area contributed by atoms with Gasteiger partial charge >= 0.3 is 11.8 Å². The molecule has 1 fully saturated rings. The third kappa shape index (κ3) is 5.80. The summed E-state index contributed by atoms with van der Waals surface area (Å²) in [5, 5.41) is 16.1. The Hall–Kier alpha value is -3.50. The number of ether oxygens (including phenoxy) is 2. The van der Waals surface area contributed by atoms with Gasteiger partial charge in [-0.2, -0.15) is 0 Å². The number of carbonyl (C=O) groups is 2. The van der Waals surface area contributed by atoms with Gasteiger partial charge in [-0.3, -0.25) is 24.6 Å². The molecule has 0 radical (unpaired) electrons. The second kappa shape index (κ2) is 10.7. The first kappa shape index (κ1) is 23.2. The summed E-state index contributed by atoms with van der Waals surface area (Å²) in [5.41, 5.74) is 1.64. The number of nitro groups is 1. The predicted octanol–water partition coefficient (Wildman–Crippen LogP) is 2.04. The van der Waals surface area contributed by atoms with Crippen LogP contribution in [0, 0.1) is 17.0 Å². The molecule has 1 aliphatic heterocycles. The van der Waals surface area contributed by atoms with Gasteiger partial charge in [-0.25, -0.2) is 0 Å².